The Bertz CT molecular complexity index is 382. The van der Waals surface area contributed by atoms with E-state index in [2.05, 4.69) is 6.92 Å². The number of unbranched alkanes of at least 4 members (excludes halogenated alkanes) is 3. The van der Waals surface area contributed by atoms with Gasteiger partial charge in [-0.15, -0.1) is 11.6 Å². The molecule has 0 bridgehead atoms. The summed E-state index contributed by atoms with van der Waals surface area (Å²) in [7, 11) is 0. The van der Waals surface area contributed by atoms with Crippen molar-refractivity contribution in [1.29, 1.82) is 0 Å². The van der Waals surface area contributed by atoms with Crippen molar-refractivity contribution >= 4 is 17.3 Å². The first-order valence-electron chi connectivity index (χ1n) is 6.51. The molecule has 0 amide bonds. The van der Waals surface area contributed by atoms with Crippen LogP contribution < -0.4 is 0 Å². The Hall–Kier alpha value is -1.09. The number of alkyl halides is 1. The molecule has 1 aromatic carbocycles. The molecule has 1 aromatic rings. The molecule has 0 radical (unpaired) electrons. The molecular formula is C14H20ClNO2. The third-order valence-electron chi connectivity index (χ3n) is 3.00. The van der Waals surface area contributed by atoms with Gasteiger partial charge < -0.3 is 0 Å². The zero-order valence-corrected chi connectivity index (χ0v) is 11.5. The highest BCUT2D eigenvalue weighted by atomic mass is 35.5. The van der Waals surface area contributed by atoms with Crippen LogP contribution in [0.15, 0.2) is 24.3 Å². The molecular weight excluding hydrogens is 250 g/mol. The highest BCUT2D eigenvalue weighted by molar-refractivity contribution is 6.20. The maximum absolute atomic E-state index is 10.9. The highest BCUT2D eigenvalue weighted by Gasteiger charge is 2.15. The van der Waals surface area contributed by atoms with Crippen molar-refractivity contribution in [3.05, 3.63) is 39.9 Å². The van der Waals surface area contributed by atoms with E-state index in [1.165, 1.54) is 25.3 Å². The van der Waals surface area contributed by atoms with Crippen molar-refractivity contribution in [2.45, 2.75) is 50.8 Å². The minimum absolute atomic E-state index is 0.0112. The number of nitro groups is 1. The molecule has 18 heavy (non-hydrogen) atoms. The number of halogens is 1. The van der Waals surface area contributed by atoms with Crippen LogP contribution in [0, 0.1) is 10.1 Å². The van der Waals surface area contributed by atoms with Crippen molar-refractivity contribution in [3.8, 4) is 0 Å². The molecule has 4 heteroatoms. The molecule has 3 nitrogen and oxygen atoms in total. The van der Waals surface area contributed by atoms with Crippen LogP contribution in [0.2, 0.25) is 0 Å². The second kappa shape index (κ2) is 8.09. The average molecular weight is 270 g/mol. The Kier molecular flexibility index (Phi) is 6.73. The lowest BCUT2D eigenvalue weighted by Gasteiger charge is -2.09. The Balaban J connectivity index is 2.48. The molecule has 1 atom stereocenters. The number of rotatable bonds is 8. The van der Waals surface area contributed by atoms with E-state index in [0.717, 1.165) is 18.4 Å². The molecule has 1 rings (SSSR count). The maximum atomic E-state index is 10.9. The maximum Gasteiger partial charge on any atom is 0.272 e. The number of nitrogens with zero attached hydrogens (tertiary/aromatic N) is 1. The zero-order valence-electron chi connectivity index (χ0n) is 10.8. The third kappa shape index (κ3) is 5.05. The summed E-state index contributed by atoms with van der Waals surface area (Å²) < 4.78 is 0. The summed E-state index contributed by atoms with van der Waals surface area (Å²) in [4.78, 5) is 10.5. The summed E-state index contributed by atoms with van der Waals surface area (Å²) in [5.74, 6) is 0. The normalized spacial score (nSPS) is 12.3. The lowest BCUT2D eigenvalue weighted by Crippen LogP contribution is -2.05. The predicted octanol–water partition coefficient (Wildman–Crippen LogP) is 4.72. The van der Waals surface area contributed by atoms with Gasteiger partial charge in [-0.3, -0.25) is 10.1 Å². The molecule has 0 saturated heterocycles. The SMILES string of the molecule is CCCCCCC(Cl)Cc1ccccc1[N+](=O)[O-]. The summed E-state index contributed by atoms with van der Waals surface area (Å²) in [5, 5.41) is 10.9. The molecule has 1 unspecified atom stereocenters. The van der Waals surface area contributed by atoms with Crippen LogP contribution in [0.5, 0.6) is 0 Å². The minimum atomic E-state index is -0.337. The van der Waals surface area contributed by atoms with E-state index in [1.54, 1.807) is 12.1 Å². The smallest absolute Gasteiger partial charge is 0.258 e. The first-order chi connectivity index (χ1) is 8.65. The number of hydrogen-bond donors (Lipinski definition) is 0. The second-order valence-electron chi connectivity index (χ2n) is 4.54. The fourth-order valence-corrected chi connectivity index (χ4v) is 2.32. The molecule has 0 saturated carbocycles. The lowest BCUT2D eigenvalue weighted by atomic mass is 10.0. The molecule has 100 valence electrons. The fraction of sp³-hybridized carbons (Fsp3) is 0.571. The molecule has 0 spiro atoms. The first-order valence-corrected chi connectivity index (χ1v) is 6.95. The van der Waals surface area contributed by atoms with Crippen LogP contribution in [-0.4, -0.2) is 10.3 Å². The molecule has 0 heterocycles. The molecule has 0 fully saturated rings. The quantitative estimate of drug-likeness (QED) is 0.297. The van der Waals surface area contributed by atoms with Crippen LogP contribution in [0.25, 0.3) is 0 Å². The summed E-state index contributed by atoms with van der Waals surface area (Å²) in [6, 6.07) is 6.84. The monoisotopic (exact) mass is 269 g/mol. The molecule has 0 aliphatic heterocycles. The average Bonchev–Trinajstić information content (AvgIpc) is 2.35. The van der Waals surface area contributed by atoms with E-state index in [-0.39, 0.29) is 16.0 Å². The van der Waals surface area contributed by atoms with Gasteiger partial charge in [-0.25, -0.2) is 0 Å². The van der Waals surface area contributed by atoms with Gasteiger partial charge in [0.1, 0.15) is 0 Å². The van der Waals surface area contributed by atoms with Gasteiger partial charge in [0.25, 0.3) is 5.69 Å². The third-order valence-corrected chi connectivity index (χ3v) is 3.37. The van der Waals surface area contributed by atoms with Gasteiger partial charge >= 0.3 is 0 Å². The zero-order chi connectivity index (χ0) is 13.4. The van der Waals surface area contributed by atoms with Crippen LogP contribution in [-0.2, 0) is 6.42 Å². The number of hydrogen-bond acceptors (Lipinski definition) is 2. The highest BCUT2D eigenvalue weighted by Crippen LogP contribution is 2.23. The Morgan fingerprint density at radius 3 is 2.67 bits per heavy atom. The van der Waals surface area contributed by atoms with Crippen molar-refractivity contribution in [3.63, 3.8) is 0 Å². The standard InChI is InChI=1S/C14H20ClNO2/c1-2-3-4-5-9-13(15)11-12-8-6-7-10-14(12)16(17)18/h6-8,10,13H,2-5,9,11H2,1H3. The minimum Gasteiger partial charge on any atom is -0.258 e. The number of nitro benzene ring substituents is 1. The van der Waals surface area contributed by atoms with Crippen LogP contribution in [0.1, 0.15) is 44.6 Å². The Morgan fingerprint density at radius 1 is 1.28 bits per heavy atom. The molecule has 0 N–H and O–H groups in total. The number of benzene rings is 1. The second-order valence-corrected chi connectivity index (χ2v) is 5.15. The van der Waals surface area contributed by atoms with E-state index in [9.17, 15) is 10.1 Å². The summed E-state index contributed by atoms with van der Waals surface area (Å²) in [6.07, 6.45) is 6.23. The Labute approximate surface area is 113 Å². The summed E-state index contributed by atoms with van der Waals surface area (Å²) >= 11 is 6.25. The Morgan fingerprint density at radius 2 is 2.00 bits per heavy atom. The van der Waals surface area contributed by atoms with Gasteiger partial charge in [0, 0.05) is 17.0 Å². The predicted molar refractivity (Wildman–Crippen MR) is 75.2 cm³/mol. The van der Waals surface area contributed by atoms with Crippen molar-refractivity contribution < 1.29 is 4.92 Å². The van der Waals surface area contributed by atoms with Crippen molar-refractivity contribution in [2.75, 3.05) is 0 Å². The van der Waals surface area contributed by atoms with Crippen LogP contribution in [0.3, 0.4) is 0 Å². The number of para-hydroxylation sites is 1. The first kappa shape index (κ1) is 15.0. The van der Waals surface area contributed by atoms with Crippen LogP contribution >= 0.6 is 11.6 Å². The van der Waals surface area contributed by atoms with Crippen LogP contribution in [0.4, 0.5) is 5.69 Å². The van der Waals surface area contributed by atoms with Gasteiger partial charge in [-0.05, 0) is 12.8 Å². The van der Waals surface area contributed by atoms with Crippen molar-refractivity contribution in [1.82, 2.24) is 0 Å². The van der Waals surface area contributed by atoms with Crippen molar-refractivity contribution in [2.24, 2.45) is 0 Å². The lowest BCUT2D eigenvalue weighted by molar-refractivity contribution is -0.385. The summed E-state index contributed by atoms with van der Waals surface area (Å²) in [5.41, 5.74) is 0.912. The largest absolute Gasteiger partial charge is 0.272 e. The molecule has 0 aliphatic carbocycles. The van der Waals surface area contributed by atoms with E-state index in [4.69, 9.17) is 11.6 Å². The summed E-state index contributed by atoms with van der Waals surface area (Å²) in [6.45, 7) is 2.17. The van der Waals surface area contributed by atoms with E-state index < -0.39 is 0 Å². The van der Waals surface area contributed by atoms with Gasteiger partial charge in [0.2, 0.25) is 0 Å². The van der Waals surface area contributed by atoms with Gasteiger partial charge in [0.05, 0.1) is 4.92 Å². The molecule has 0 aromatic heterocycles. The van der Waals surface area contributed by atoms with Gasteiger partial charge in [0.15, 0.2) is 0 Å². The fourth-order valence-electron chi connectivity index (χ4n) is 1.99. The van der Waals surface area contributed by atoms with Gasteiger partial charge in [-0.1, -0.05) is 50.8 Å². The van der Waals surface area contributed by atoms with E-state index in [0.29, 0.717) is 6.42 Å². The topological polar surface area (TPSA) is 43.1 Å². The van der Waals surface area contributed by atoms with Gasteiger partial charge in [-0.2, -0.15) is 0 Å². The molecule has 0 aliphatic rings. The van der Waals surface area contributed by atoms with E-state index in [1.807, 2.05) is 6.07 Å². The van der Waals surface area contributed by atoms with E-state index >= 15 is 0 Å².